The van der Waals surface area contributed by atoms with Gasteiger partial charge in [0.1, 0.15) is 5.82 Å². The van der Waals surface area contributed by atoms with E-state index in [-0.39, 0.29) is 29.9 Å². The first-order valence-corrected chi connectivity index (χ1v) is 12.4. The molecule has 12 heteroatoms. The molecule has 35 heavy (non-hydrogen) atoms. The van der Waals surface area contributed by atoms with Gasteiger partial charge in [-0.25, -0.2) is 17.5 Å². The van der Waals surface area contributed by atoms with Crippen LogP contribution >= 0.6 is 0 Å². The van der Waals surface area contributed by atoms with Gasteiger partial charge in [-0.2, -0.15) is 19.3 Å². The number of hydrogen-bond donors (Lipinski definition) is 1. The molecule has 0 unspecified atom stereocenters. The zero-order valence-electron chi connectivity index (χ0n) is 18.8. The van der Waals surface area contributed by atoms with Crippen molar-refractivity contribution in [2.75, 3.05) is 13.1 Å². The predicted octanol–water partition coefficient (Wildman–Crippen LogP) is 1.87. The zero-order valence-corrected chi connectivity index (χ0v) is 19.6. The summed E-state index contributed by atoms with van der Waals surface area (Å²) in [6.45, 7) is 2.04. The lowest BCUT2D eigenvalue weighted by Gasteiger charge is -2.23. The minimum Gasteiger partial charge on any atom is -0.481 e. The summed E-state index contributed by atoms with van der Waals surface area (Å²) in [5.41, 5.74) is 2.30. The third-order valence-corrected chi connectivity index (χ3v) is 8.96. The average molecular weight is 497 g/mol. The number of aromatic nitrogens is 5. The third-order valence-electron chi connectivity index (χ3n) is 7.28. The minimum atomic E-state index is -3.91. The van der Waals surface area contributed by atoms with Crippen molar-refractivity contribution in [1.82, 2.24) is 29.1 Å². The van der Waals surface area contributed by atoms with Crippen LogP contribution in [0.1, 0.15) is 11.1 Å². The number of piperidine rings is 1. The Labute approximate surface area is 199 Å². The van der Waals surface area contributed by atoms with Crippen molar-refractivity contribution in [3.63, 3.8) is 0 Å². The molecular formula is C23H21FN6O4S. The summed E-state index contributed by atoms with van der Waals surface area (Å²) < 4.78 is 42.7. The van der Waals surface area contributed by atoms with Gasteiger partial charge in [0.15, 0.2) is 0 Å². The van der Waals surface area contributed by atoms with Gasteiger partial charge in [0.2, 0.25) is 5.03 Å². The molecule has 4 aromatic rings. The normalized spacial score (nSPS) is 24.1. The van der Waals surface area contributed by atoms with Gasteiger partial charge in [-0.1, -0.05) is 0 Å². The van der Waals surface area contributed by atoms with E-state index in [0.717, 1.165) is 22.0 Å². The number of sulfonamides is 1. The second-order valence-corrected chi connectivity index (χ2v) is 11.1. The molecule has 0 radical (unpaired) electrons. The zero-order chi connectivity index (χ0) is 24.7. The van der Waals surface area contributed by atoms with E-state index in [9.17, 15) is 22.7 Å². The number of fused-ring (bicyclic) bond motifs is 2. The molecule has 1 saturated carbocycles. The van der Waals surface area contributed by atoms with Crippen LogP contribution in [0, 0.1) is 24.6 Å². The summed E-state index contributed by atoms with van der Waals surface area (Å²) in [5, 5.41) is 22.8. The van der Waals surface area contributed by atoms with Crippen molar-refractivity contribution in [3.05, 3.63) is 65.7 Å². The number of carboxylic acid groups (broad SMARTS) is 1. The van der Waals surface area contributed by atoms with Crippen LogP contribution in [0.25, 0.3) is 16.6 Å². The van der Waals surface area contributed by atoms with E-state index in [1.165, 1.54) is 34.5 Å². The van der Waals surface area contributed by atoms with Crippen molar-refractivity contribution in [2.45, 2.75) is 17.4 Å². The fourth-order valence-electron chi connectivity index (χ4n) is 5.65. The molecule has 2 aromatic heterocycles. The second kappa shape index (κ2) is 7.18. The molecule has 0 spiro atoms. The number of rotatable bonds is 5. The first-order chi connectivity index (χ1) is 16.6. The molecule has 2 aliphatic rings. The van der Waals surface area contributed by atoms with Crippen molar-refractivity contribution < 1.29 is 22.7 Å². The highest BCUT2D eigenvalue weighted by atomic mass is 32.2. The van der Waals surface area contributed by atoms with Gasteiger partial charge in [0.05, 0.1) is 29.5 Å². The molecule has 180 valence electrons. The highest BCUT2D eigenvalue weighted by molar-refractivity contribution is 7.89. The van der Waals surface area contributed by atoms with Crippen molar-refractivity contribution in [2.24, 2.45) is 18.9 Å². The van der Waals surface area contributed by atoms with E-state index in [0.29, 0.717) is 5.69 Å². The molecule has 1 aliphatic carbocycles. The number of halogens is 1. The molecule has 2 aromatic carbocycles. The molecule has 0 bridgehead atoms. The fourth-order valence-corrected chi connectivity index (χ4v) is 7.06. The molecule has 1 aliphatic heterocycles. The molecular weight excluding hydrogens is 475 g/mol. The largest absolute Gasteiger partial charge is 0.481 e. The molecule has 6 rings (SSSR count). The maximum absolute atomic E-state index is 13.4. The molecule has 1 N–H and O–H groups in total. The Balaban J connectivity index is 1.42. The van der Waals surface area contributed by atoms with E-state index < -0.39 is 27.3 Å². The summed E-state index contributed by atoms with van der Waals surface area (Å²) in [5.74, 6) is -2.31. The van der Waals surface area contributed by atoms with E-state index in [2.05, 4.69) is 15.3 Å². The monoisotopic (exact) mass is 496 g/mol. The van der Waals surface area contributed by atoms with E-state index >= 15 is 0 Å². The summed E-state index contributed by atoms with van der Waals surface area (Å²) in [4.78, 5) is 13.3. The highest BCUT2D eigenvalue weighted by Gasteiger charge is 2.74. The smallest absolute Gasteiger partial charge is 0.307 e. The predicted molar refractivity (Wildman–Crippen MR) is 122 cm³/mol. The van der Waals surface area contributed by atoms with Gasteiger partial charge in [-0.05, 0) is 60.4 Å². The maximum Gasteiger partial charge on any atom is 0.307 e. The number of benzene rings is 2. The van der Waals surface area contributed by atoms with Crippen LogP contribution in [0.5, 0.6) is 0 Å². The van der Waals surface area contributed by atoms with Crippen LogP contribution in [0.3, 0.4) is 0 Å². The number of aryl methyl sites for hydroxylation is 2. The summed E-state index contributed by atoms with van der Waals surface area (Å²) >= 11 is 0. The molecule has 0 amide bonds. The molecule has 3 heterocycles. The molecule has 3 atom stereocenters. The Morgan fingerprint density at radius 3 is 2.57 bits per heavy atom. The van der Waals surface area contributed by atoms with E-state index in [1.54, 1.807) is 23.0 Å². The SMILES string of the molecule is Cc1cc2c(cnn2-c2ccc(F)cc2)cc1[C@]12CN(S(=O)(=O)c3cnn(C)n3)C[C@H]1[C@@H]2C(=O)O. The standard InChI is InChI=1S/C23H21FN6O4S/c1-13-7-19-14(9-26-30(19)16-5-3-15(24)4-6-16)8-17(13)23-12-29(11-18(23)21(23)22(31)32)35(33,34)20-10-25-28(2)27-20/h3-10,18,21H,11-12H2,1-2H3,(H,31,32)/t18-,21+,23+/m0/s1. The lowest BCUT2D eigenvalue weighted by atomic mass is 9.88. The van der Waals surface area contributed by atoms with Crippen LogP contribution in [0.2, 0.25) is 0 Å². The Hall–Kier alpha value is -3.64. The molecule has 2 fully saturated rings. The van der Waals surface area contributed by atoms with Gasteiger partial charge in [-0.3, -0.25) is 4.79 Å². The van der Waals surface area contributed by atoms with Gasteiger partial charge in [-0.15, -0.1) is 5.10 Å². The van der Waals surface area contributed by atoms with Crippen LogP contribution in [-0.4, -0.2) is 61.7 Å². The molecule has 10 nitrogen and oxygen atoms in total. The number of carbonyl (C=O) groups is 1. The number of aliphatic carboxylic acids is 1. The number of hydrogen-bond acceptors (Lipinski definition) is 6. The summed E-state index contributed by atoms with van der Waals surface area (Å²) in [7, 11) is -2.37. The summed E-state index contributed by atoms with van der Waals surface area (Å²) in [6, 6.07) is 9.82. The maximum atomic E-state index is 13.4. The lowest BCUT2D eigenvalue weighted by Crippen LogP contribution is -2.36. The fraction of sp³-hybridized carbons (Fsp3) is 0.304. The Kier molecular flexibility index (Phi) is 4.49. The number of carboxylic acids is 1. The summed E-state index contributed by atoms with van der Waals surface area (Å²) in [6.07, 6.45) is 2.87. The van der Waals surface area contributed by atoms with Crippen LogP contribution in [0.4, 0.5) is 4.39 Å². The second-order valence-electron chi connectivity index (χ2n) is 9.19. The minimum absolute atomic E-state index is 0.0476. The number of nitrogens with zero attached hydrogens (tertiary/aromatic N) is 6. The first kappa shape index (κ1) is 21.9. The first-order valence-electron chi connectivity index (χ1n) is 11.0. The Bertz CT molecular complexity index is 1610. The van der Waals surface area contributed by atoms with Gasteiger partial charge < -0.3 is 5.11 Å². The highest BCUT2D eigenvalue weighted by Crippen LogP contribution is 2.65. The Morgan fingerprint density at radius 1 is 1.17 bits per heavy atom. The third kappa shape index (κ3) is 3.06. The molecule has 1 saturated heterocycles. The van der Waals surface area contributed by atoms with Crippen LogP contribution < -0.4 is 0 Å². The van der Waals surface area contributed by atoms with Gasteiger partial charge in [0, 0.05) is 30.9 Å². The average Bonchev–Trinajstić information content (AvgIpc) is 3.23. The quantitative estimate of drug-likeness (QED) is 0.447. The van der Waals surface area contributed by atoms with Crippen LogP contribution in [0.15, 0.2) is 53.8 Å². The van der Waals surface area contributed by atoms with Gasteiger partial charge in [0.25, 0.3) is 10.0 Å². The lowest BCUT2D eigenvalue weighted by molar-refractivity contribution is -0.139. The van der Waals surface area contributed by atoms with Crippen molar-refractivity contribution in [3.8, 4) is 5.69 Å². The van der Waals surface area contributed by atoms with E-state index in [1.807, 2.05) is 19.1 Å². The Morgan fingerprint density at radius 2 is 1.91 bits per heavy atom. The van der Waals surface area contributed by atoms with Crippen LogP contribution in [-0.2, 0) is 27.3 Å². The van der Waals surface area contributed by atoms with Crippen molar-refractivity contribution in [1.29, 1.82) is 0 Å². The van der Waals surface area contributed by atoms with Gasteiger partial charge >= 0.3 is 5.97 Å². The topological polar surface area (TPSA) is 123 Å². The van der Waals surface area contributed by atoms with Crippen molar-refractivity contribution >= 4 is 26.9 Å². The van der Waals surface area contributed by atoms with E-state index in [4.69, 9.17) is 0 Å².